The van der Waals surface area contributed by atoms with E-state index in [9.17, 15) is 47.6 Å². The molecule has 18 heteroatoms. The number of fused-ring (bicyclic) bond motifs is 1. The molecule has 15 nitrogen and oxygen atoms in total. The van der Waals surface area contributed by atoms with Gasteiger partial charge in [0.1, 0.15) is 18.1 Å². The van der Waals surface area contributed by atoms with Crippen LogP contribution in [0.25, 0.3) is 0 Å². The molecule has 0 spiro atoms. The summed E-state index contributed by atoms with van der Waals surface area (Å²) in [6, 6.07) is 3.13. The molecule has 1 aromatic carbocycles. The lowest BCUT2D eigenvalue weighted by Crippen LogP contribution is -2.46. The summed E-state index contributed by atoms with van der Waals surface area (Å²) in [5.41, 5.74) is 1.66. The topological polar surface area (TPSA) is 218 Å². The molecule has 258 valence electrons. The second kappa shape index (κ2) is 15.4. The van der Waals surface area contributed by atoms with Crippen LogP contribution >= 0.6 is 12.6 Å². The van der Waals surface area contributed by atoms with Gasteiger partial charge in [0.25, 0.3) is 11.8 Å². The molecule has 0 unspecified atom stereocenters. The van der Waals surface area contributed by atoms with E-state index in [1.165, 1.54) is 4.90 Å². The number of nitrogens with one attached hydrogen (secondary N) is 4. The molecule has 1 aromatic rings. The van der Waals surface area contributed by atoms with Crippen molar-refractivity contribution in [2.24, 2.45) is 5.92 Å². The number of nitriles is 1. The number of amides is 6. The molecule has 0 radical (unpaired) electrons. The Morgan fingerprint density at radius 2 is 1.81 bits per heavy atom. The van der Waals surface area contributed by atoms with E-state index in [4.69, 9.17) is 5.11 Å². The van der Waals surface area contributed by atoms with Crippen LogP contribution in [0.3, 0.4) is 0 Å². The Morgan fingerprint density at radius 1 is 1.10 bits per heavy atom. The van der Waals surface area contributed by atoms with Crippen LogP contribution in [0.15, 0.2) is 18.2 Å². The van der Waals surface area contributed by atoms with Gasteiger partial charge in [-0.05, 0) is 23.6 Å². The maximum absolute atomic E-state index is 13.8. The lowest BCUT2D eigenvalue weighted by Gasteiger charge is -2.22. The van der Waals surface area contributed by atoms with Crippen molar-refractivity contribution in [3.63, 3.8) is 0 Å². The van der Waals surface area contributed by atoms with Gasteiger partial charge in [0, 0.05) is 69.1 Å². The highest BCUT2D eigenvalue weighted by atomic mass is 32.1. The number of rotatable bonds is 13. The first-order valence-electron chi connectivity index (χ1n) is 15.2. The fourth-order valence-corrected chi connectivity index (χ4v) is 6.08. The third-order valence-corrected chi connectivity index (χ3v) is 8.70. The predicted molar refractivity (Wildman–Crippen MR) is 164 cm³/mol. The molecule has 3 aliphatic rings. The summed E-state index contributed by atoms with van der Waals surface area (Å²) >= 11 is 3.85. The Balaban J connectivity index is 1.22. The van der Waals surface area contributed by atoms with Crippen molar-refractivity contribution in [3.8, 4) is 6.07 Å². The minimum absolute atomic E-state index is 0.0600. The average molecular weight is 692 g/mol. The van der Waals surface area contributed by atoms with E-state index in [0.717, 1.165) is 10.5 Å². The number of alkyl halides is 2. The van der Waals surface area contributed by atoms with Crippen LogP contribution in [-0.4, -0.2) is 106 Å². The normalized spacial score (nSPS) is 21.5. The van der Waals surface area contributed by atoms with Crippen LogP contribution < -0.4 is 21.3 Å². The fraction of sp³-hybridized carbons (Fsp3) is 0.533. The minimum Gasteiger partial charge on any atom is -0.480 e. The number of carbonyl (C=O) groups is 7. The third kappa shape index (κ3) is 8.76. The Morgan fingerprint density at radius 3 is 2.50 bits per heavy atom. The van der Waals surface area contributed by atoms with Gasteiger partial charge in [-0.2, -0.15) is 17.9 Å². The van der Waals surface area contributed by atoms with Gasteiger partial charge < -0.3 is 36.2 Å². The number of carboxylic acid groups (broad SMARTS) is 1. The second-order valence-corrected chi connectivity index (χ2v) is 12.2. The third-order valence-electron chi connectivity index (χ3n) is 8.34. The van der Waals surface area contributed by atoms with E-state index < -0.39 is 84.3 Å². The van der Waals surface area contributed by atoms with Crippen molar-refractivity contribution < 1.29 is 47.4 Å². The van der Waals surface area contributed by atoms with Crippen molar-refractivity contribution >= 4 is 54.0 Å². The molecule has 5 N–H and O–H groups in total. The lowest BCUT2D eigenvalue weighted by atomic mass is 9.99. The number of halogens is 2. The molecule has 2 fully saturated rings. The zero-order valence-corrected chi connectivity index (χ0v) is 26.6. The molecule has 0 saturated carbocycles. The highest BCUT2D eigenvalue weighted by Crippen LogP contribution is 2.34. The SMILES string of the molecule is N#C[C@@H]1CC(F)(F)CN1C(=O)[C@@H]1C[C@@H](CC(=O)N2Cc3cccc(C(=O)NCCNC(=O)CCC(=O)N[C@@H](CS)C(=O)O)c3C2)C(=O)N1. The highest BCUT2D eigenvalue weighted by molar-refractivity contribution is 7.80. The number of thiol groups is 1. The Hall–Kier alpha value is -4.79. The van der Waals surface area contributed by atoms with Gasteiger partial charge >= 0.3 is 5.97 Å². The van der Waals surface area contributed by atoms with Crippen LogP contribution in [0.4, 0.5) is 8.78 Å². The predicted octanol–water partition coefficient (Wildman–Crippen LogP) is -0.691. The molecule has 2 saturated heterocycles. The average Bonchev–Trinajstić information content (AvgIpc) is 3.74. The Kier molecular flexibility index (Phi) is 11.6. The molecular formula is C30H35F2N7O8S. The van der Waals surface area contributed by atoms with E-state index >= 15 is 0 Å². The quantitative estimate of drug-likeness (QED) is 0.114. The maximum Gasteiger partial charge on any atom is 0.327 e. The summed E-state index contributed by atoms with van der Waals surface area (Å²) in [5, 5.41) is 28.1. The molecule has 3 heterocycles. The molecule has 6 amide bonds. The van der Waals surface area contributed by atoms with Gasteiger partial charge in [0.2, 0.25) is 29.5 Å². The van der Waals surface area contributed by atoms with Gasteiger partial charge in [-0.3, -0.25) is 28.8 Å². The molecule has 0 bridgehead atoms. The first kappa shape index (κ1) is 36.1. The van der Waals surface area contributed by atoms with Crippen molar-refractivity contribution in [3.05, 3.63) is 34.9 Å². The van der Waals surface area contributed by atoms with Gasteiger partial charge in [-0.15, -0.1) is 0 Å². The number of hydrogen-bond acceptors (Lipinski definition) is 9. The number of likely N-dealkylation sites (tertiary alicyclic amines) is 1. The number of hydrogen-bond donors (Lipinski definition) is 6. The van der Waals surface area contributed by atoms with Crippen LogP contribution in [0.1, 0.15) is 53.6 Å². The number of nitrogens with zero attached hydrogens (tertiary/aromatic N) is 3. The summed E-state index contributed by atoms with van der Waals surface area (Å²) in [6.07, 6.45) is -1.51. The monoisotopic (exact) mass is 691 g/mol. The zero-order chi connectivity index (χ0) is 35.2. The first-order valence-corrected chi connectivity index (χ1v) is 15.8. The second-order valence-electron chi connectivity index (χ2n) is 11.8. The molecule has 4 rings (SSSR count). The van der Waals surface area contributed by atoms with E-state index in [1.54, 1.807) is 24.3 Å². The maximum atomic E-state index is 13.8. The number of benzene rings is 1. The molecule has 0 aliphatic carbocycles. The van der Waals surface area contributed by atoms with Crippen molar-refractivity contribution in [2.45, 2.75) is 69.2 Å². The summed E-state index contributed by atoms with van der Waals surface area (Å²) in [5.74, 6) is -8.68. The molecule has 0 aromatic heterocycles. The highest BCUT2D eigenvalue weighted by Gasteiger charge is 2.50. The van der Waals surface area contributed by atoms with Crippen molar-refractivity contribution in [1.82, 2.24) is 31.1 Å². The molecule has 3 aliphatic heterocycles. The summed E-state index contributed by atoms with van der Waals surface area (Å²) in [4.78, 5) is 88.7. The molecule has 4 atom stereocenters. The molecule has 48 heavy (non-hydrogen) atoms. The Bertz CT molecular complexity index is 1540. The van der Waals surface area contributed by atoms with Gasteiger partial charge in [-0.25, -0.2) is 13.6 Å². The van der Waals surface area contributed by atoms with Crippen LogP contribution in [0, 0.1) is 17.2 Å². The van der Waals surface area contributed by atoms with Crippen molar-refractivity contribution in [2.75, 3.05) is 25.4 Å². The van der Waals surface area contributed by atoms with E-state index in [0.29, 0.717) is 11.1 Å². The first-order chi connectivity index (χ1) is 22.7. The Labute approximate surface area is 279 Å². The summed E-state index contributed by atoms with van der Waals surface area (Å²) in [7, 11) is 0. The largest absolute Gasteiger partial charge is 0.480 e. The van der Waals surface area contributed by atoms with Gasteiger partial charge in [0.15, 0.2) is 0 Å². The summed E-state index contributed by atoms with van der Waals surface area (Å²) in [6.45, 7) is -0.513. The zero-order valence-electron chi connectivity index (χ0n) is 25.7. The standard InChI is InChI=1S/C30H35F2N7O8S/c31-30(32)10-18(11-33)39(15-30)28(45)21-8-17(26(43)37-21)9-25(42)38-12-16-2-1-3-19(20(16)13-38)27(44)35-7-6-34-23(40)4-5-24(41)36-22(14-48)29(46)47/h1-3,17-18,21-22,48H,4-10,12-15H2,(H,34,40)(H,35,44)(H,36,41)(H,37,43)(H,46,47)/t17-,18-,21-,22-/m0/s1. The van der Waals surface area contributed by atoms with Gasteiger partial charge in [0.05, 0.1) is 12.6 Å². The lowest BCUT2D eigenvalue weighted by molar-refractivity contribution is -0.141. The number of aliphatic carboxylic acids is 1. The van der Waals surface area contributed by atoms with Crippen LogP contribution in [-0.2, 0) is 41.9 Å². The van der Waals surface area contributed by atoms with Gasteiger partial charge in [-0.1, -0.05) is 12.1 Å². The molecular weight excluding hydrogens is 656 g/mol. The van der Waals surface area contributed by atoms with E-state index in [1.807, 2.05) is 0 Å². The summed E-state index contributed by atoms with van der Waals surface area (Å²) < 4.78 is 27.7. The van der Waals surface area contributed by atoms with E-state index in [2.05, 4.69) is 33.9 Å². The smallest absolute Gasteiger partial charge is 0.327 e. The van der Waals surface area contributed by atoms with Crippen molar-refractivity contribution in [1.29, 1.82) is 5.26 Å². The van der Waals surface area contributed by atoms with Crippen LogP contribution in [0.2, 0.25) is 0 Å². The number of carbonyl (C=O) groups excluding carboxylic acids is 6. The van der Waals surface area contributed by atoms with E-state index in [-0.39, 0.29) is 57.6 Å². The minimum atomic E-state index is -3.20. The number of carboxylic acids is 1. The van der Waals surface area contributed by atoms with Crippen LogP contribution in [0.5, 0.6) is 0 Å². The fourth-order valence-electron chi connectivity index (χ4n) is 5.83.